The van der Waals surface area contributed by atoms with Crippen molar-refractivity contribution in [1.29, 1.82) is 0 Å². The van der Waals surface area contributed by atoms with Crippen LogP contribution in [0.2, 0.25) is 0 Å². The van der Waals surface area contributed by atoms with Gasteiger partial charge in [-0.25, -0.2) is 5.01 Å². The van der Waals surface area contributed by atoms with Crippen molar-refractivity contribution >= 4 is 22.4 Å². The van der Waals surface area contributed by atoms with Crippen LogP contribution in [0.3, 0.4) is 0 Å². The molecule has 0 spiro atoms. The molecule has 0 bridgehead atoms. The number of rotatable bonds is 6. The molecule has 0 saturated heterocycles. The summed E-state index contributed by atoms with van der Waals surface area (Å²) in [4.78, 5) is 13.3. The molecule has 1 atom stereocenters. The number of ether oxygens (including phenoxy) is 2. The molecule has 2 heterocycles. The minimum absolute atomic E-state index is 0.194. The highest BCUT2D eigenvalue weighted by Gasteiger charge is 2.33. The van der Waals surface area contributed by atoms with Crippen molar-refractivity contribution in [3.63, 3.8) is 0 Å². The number of benzene rings is 3. The Labute approximate surface area is 191 Å². The van der Waals surface area contributed by atoms with E-state index in [2.05, 4.69) is 15.3 Å². The number of carbonyl (C=O) groups excluding carboxylic acids is 1. The van der Waals surface area contributed by atoms with Gasteiger partial charge in [-0.15, -0.1) is 5.10 Å². The predicted octanol–water partition coefficient (Wildman–Crippen LogP) is 4.40. The highest BCUT2D eigenvalue weighted by atomic mass is 16.5. The van der Waals surface area contributed by atoms with Crippen LogP contribution in [-0.2, 0) is 4.79 Å². The number of methoxy groups -OCH3 is 1. The number of hydrogen-bond acceptors (Lipinski definition) is 6. The molecule has 164 valence electrons. The molecule has 0 aliphatic carbocycles. The van der Waals surface area contributed by atoms with Crippen molar-refractivity contribution in [2.45, 2.75) is 12.5 Å². The van der Waals surface area contributed by atoms with E-state index in [1.165, 1.54) is 5.01 Å². The third-order valence-corrected chi connectivity index (χ3v) is 5.64. The van der Waals surface area contributed by atoms with Crippen molar-refractivity contribution in [3.05, 3.63) is 96.2 Å². The Hall–Kier alpha value is -4.26. The number of nitrogens with zero attached hydrogens (tertiary/aromatic N) is 4. The maximum Gasteiger partial charge on any atom is 0.281 e. The predicted molar refractivity (Wildman–Crippen MR) is 125 cm³/mol. The van der Waals surface area contributed by atoms with Gasteiger partial charge in [-0.1, -0.05) is 60.7 Å². The smallest absolute Gasteiger partial charge is 0.281 e. The molecule has 0 N–H and O–H groups in total. The van der Waals surface area contributed by atoms with Crippen LogP contribution in [0.25, 0.3) is 10.8 Å². The lowest BCUT2D eigenvalue weighted by Crippen LogP contribution is -2.31. The van der Waals surface area contributed by atoms with Crippen LogP contribution in [0, 0.1) is 0 Å². The summed E-state index contributed by atoms with van der Waals surface area (Å²) in [5, 5.41) is 16.0. The Morgan fingerprint density at radius 1 is 1.00 bits per heavy atom. The maximum atomic E-state index is 13.3. The molecule has 7 nitrogen and oxygen atoms in total. The third-order valence-electron chi connectivity index (χ3n) is 5.64. The largest absolute Gasteiger partial charge is 0.497 e. The highest BCUT2D eigenvalue weighted by molar-refractivity contribution is 6.03. The zero-order chi connectivity index (χ0) is 22.6. The summed E-state index contributed by atoms with van der Waals surface area (Å²) in [5.74, 6) is 0.835. The average molecular weight is 438 g/mol. The fourth-order valence-electron chi connectivity index (χ4n) is 3.94. The minimum atomic E-state index is -0.253. The molecule has 5 rings (SSSR count). The van der Waals surface area contributed by atoms with E-state index >= 15 is 0 Å². The Morgan fingerprint density at radius 2 is 1.76 bits per heavy atom. The van der Waals surface area contributed by atoms with Crippen LogP contribution in [0.4, 0.5) is 0 Å². The van der Waals surface area contributed by atoms with E-state index in [9.17, 15) is 4.79 Å². The number of carbonyl (C=O) groups is 1. The maximum absolute atomic E-state index is 13.3. The minimum Gasteiger partial charge on any atom is -0.497 e. The number of aromatic nitrogens is 2. The van der Waals surface area contributed by atoms with E-state index in [-0.39, 0.29) is 18.6 Å². The number of amides is 1. The summed E-state index contributed by atoms with van der Waals surface area (Å²) < 4.78 is 11.1. The quantitative estimate of drug-likeness (QED) is 0.446. The molecular weight excluding hydrogens is 416 g/mol. The fourth-order valence-corrected chi connectivity index (χ4v) is 3.94. The Bertz CT molecular complexity index is 1300. The van der Waals surface area contributed by atoms with Gasteiger partial charge in [-0.3, -0.25) is 4.79 Å². The first kappa shape index (κ1) is 20.6. The van der Waals surface area contributed by atoms with Crippen LogP contribution < -0.4 is 9.47 Å². The van der Waals surface area contributed by atoms with E-state index in [1.54, 1.807) is 13.3 Å². The van der Waals surface area contributed by atoms with Crippen LogP contribution in [0.15, 0.2) is 90.2 Å². The molecular formula is C26H22N4O3. The molecule has 4 aromatic rings. The van der Waals surface area contributed by atoms with Gasteiger partial charge in [0.25, 0.3) is 5.91 Å². The normalized spacial score (nSPS) is 15.4. The zero-order valence-corrected chi connectivity index (χ0v) is 18.1. The standard InChI is InChI=1S/C26H22N4O3/c1-32-21-13-11-19(12-14-21)24-15-23(18-7-3-2-4-8-18)29-30(24)25(31)17-33-26-22-10-6-5-9-20(22)16-27-28-26/h2-14,16,24H,15,17H2,1H3/t24-/m0/s1. The zero-order valence-electron chi connectivity index (χ0n) is 18.1. The number of hydrogen-bond donors (Lipinski definition) is 0. The molecule has 0 unspecified atom stereocenters. The highest BCUT2D eigenvalue weighted by Crippen LogP contribution is 2.34. The Kier molecular flexibility index (Phi) is 5.68. The van der Waals surface area contributed by atoms with Gasteiger partial charge in [0.15, 0.2) is 6.61 Å². The molecule has 1 aromatic heterocycles. The van der Waals surface area contributed by atoms with Crippen LogP contribution >= 0.6 is 0 Å². The molecule has 1 aliphatic rings. The van der Waals surface area contributed by atoms with Gasteiger partial charge in [0.2, 0.25) is 5.88 Å². The van der Waals surface area contributed by atoms with Gasteiger partial charge in [-0.05, 0) is 29.3 Å². The summed E-state index contributed by atoms with van der Waals surface area (Å²) in [5.41, 5.74) is 2.82. The molecule has 0 fully saturated rings. The van der Waals surface area contributed by atoms with E-state index in [0.717, 1.165) is 33.4 Å². The lowest BCUT2D eigenvalue weighted by Gasteiger charge is -2.22. The molecule has 0 saturated carbocycles. The Morgan fingerprint density at radius 3 is 2.55 bits per heavy atom. The first-order chi connectivity index (χ1) is 16.2. The van der Waals surface area contributed by atoms with Gasteiger partial charge < -0.3 is 9.47 Å². The van der Waals surface area contributed by atoms with E-state index in [0.29, 0.717) is 12.3 Å². The molecule has 1 amide bonds. The van der Waals surface area contributed by atoms with Gasteiger partial charge in [-0.2, -0.15) is 10.2 Å². The number of fused-ring (bicyclic) bond motifs is 1. The average Bonchev–Trinajstić information content (AvgIpc) is 3.33. The molecule has 33 heavy (non-hydrogen) atoms. The van der Waals surface area contributed by atoms with Crippen molar-refractivity contribution in [3.8, 4) is 11.6 Å². The van der Waals surface area contributed by atoms with Gasteiger partial charge in [0.05, 0.1) is 25.1 Å². The van der Waals surface area contributed by atoms with Crippen molar-refractivity contribution in [2.75, 3.05) is 13.7 Å². The summed E-state index contributed by atoms with van der Waals surface area (Å²) in [7, 11) is 1.63. The molecule has 7 heteroatoms. The van der Waals surface area contributed by atoms with Gasteiger partial charge in [0, 0.05) is 17.2 Å². The first-order valence-corrected chi connectivity index (χ1v) is 10.6. The first-order valence-electron chi connectivity index (χ1n) is 10.6. The molecule has 3 aromatic carbocycles. The topological polar surface area (TPSA) is 76.9 Å². The van der Waals surface area contributed by atoms with Crippen LogP contribution in [0.1, 0.15) is 23.6 Å². The van der Waals surface area contributed by atoms with Gasteiger partial charge >= 0.3 is 0 Å². The lowest BCUT2D eigenvalue weighted by molar-refractivity contribution is -0.135. The fraction of sp³-hybridized carbons (Fsp3) is 0.154. The van der Waals surface area contributed by atoms with Crippen molar-refractivity contribution < 1.29 is 14.3 Å². The van der Waals surface area contributed by atoms with Crippen molar-refractivity contribution in [1.82, 2.24) is 15.2 Å². The van der Waals surface area contributed by atoms with E-state index in [4.69, 9.17) is 9.47 Å². The third kappa shape index (κ3) is 4.25. The summed E-state index contributed by atoms with van der Waals surface area (Å²) in [6.07, 6.45) is 2.27. The van der Waals surface area contributed by atoms with Crippen LogP contribution in [-0.4, -0.2) is 40.5 Å². The van der Waals surface area contributed by atoms with Crippen LogP contribution in [0.5, 0.6) is 11.6 Å². The second kappa shape index (κ2) is 9.08. The van der Waals surface area contributed by atoms with E-state index in [1.807, 2.05) is 78.9 Å². The van der Waals surface area contributed by atoms with Crippen molar-refractivity contribution in [2.24, 2.45) is 5.10 Å². The summed E-state index contributed by atoms with van der Waals surface area (Å²) in [6.45, 7) is -0.194. The second-order valence-corrected chi connectivity index (χ2v) is 7.67. The lowest BCUT2D eigenvalue weighted by atomic mass is 9.98. The monoisotopic (exact) mass is 438 g/mol. The molecule has 1 aliphatic heterocycles. The number of hydrazone groups is 1. The van der Waals surface area contributed by atoms with E-state index < -0.39 is 0 Å². The summed E-state index contributed by atoms with van der Waals surface area (Å²) >= 11 is 0. The summed E-state index contributed by atoms with van der Waals surface area (Å²) in [6, 6.07) is 25.0. The molecule has 0 radical (unpaired) electrons. The van der Waals surface area contributed by atoms with Gasteiger partial charge in [0.1, 0.15) is 5.75 Å². The SMILES string of the molecule is COc1ccc([C@@H]2CC(c3ccccc3)=NN2C(=O)COc2nncc3ccccc23)cc1. The Balaban J connectivity index is 1.41. The second-order valence-electron chi connectivity index (χ2n) is 7.67.